The third kappa shape index (κ3) is 6.02. The van der Waals surface area contributed by atoms with Crippen LogP contribution in [0.5, 0.6) is 11.5 Å². The predicted molar refractivity (Wildman–Crippen MR) is 102 cm³/mol. The van der Waals surface area contributed by atoms with Crippen molar-refractivity contribution >= 4 is 11.9 Å². The first-order valence-corrected chi connectivity index (χ1v) is 8.91. The van der Waals surface area contributed by atoms with E-state index in [9.17, 15) is 14.7 Å². The third-order valence-electron chi connectivity index (χ3n) is 4.09. The summed E-state index contributed by atoms with van der Waals surface area (Å²) in [5.41, 5.74) is 1.22. The first-order chi connectivity index (χ1) is 13.0. The quantitative estimate of drug-likeness (QED) is 0.670. The second kappa shape index (κ2) is 10.2. The Bertz CT molecular complexity index is 775. The number of rotatable bonds is 10. The molecule has 1 amide bonds. The maximum Gasteiger partial charge on any atom is 0.308 e. The number of methoxy groups -OCH3 is 1. The van der Waals surface area contributed by atoms with E-state index in [-0.39, 0.29) is 18.9 Å². The zero-order valence-electron chi connectivity index (χ0n) is 15.6. The summed E-state index contributed by atoms with van der Waals surface area (Å²) < 4.78 is 10.8. The lowest BCUT2D eigenvalue weighted by molar-refractivity contribution is -0.141. The van der Waals surface area contributed by atoms with Gasteiger partial charge in [0.25, 0.3) is 5.91 Å². The van der Waals surface area contributed by atoms with Crippen LogP contribution in [0.4, 0.5) is 0 Å². The average Bonchev–Trinajstić information content (AvgIpc) is 2.69. The van der Waals surface area contributed by atoms with Crippen LogP contribution in [0.1, 0.15) is 29.3 Å². The summed E-state index contributed by atoms with van der Waals surface area (Å²) in [5.74, 6) is -0.807. The van der Waals surface area contributed by atoms with Gasteiger partial charge in [-0.15, -0.1) is 0 Å². The molecule has 6 heteroatoms. The van der Waals surface area contributed by atoms with E-state index < -0.39 is 11.9 Å². The first kappa shape index (κ1) is 20.3. The zero-order chi connectivity index (χ0) is 19.6. The SMILES string of the molecule is CCCOc1cccc(C(=O)NCC(Cc2ccccc2OC)C(=O)O)c1. The van der Waals surface area contributed by atoms with Gasteiger partial charge in [0.2, 0.25) is 0 Å². The molecular weight excluding hydrogens is 346 g/mol. The maximum atomic E-state index is 12.4. The number of para-hydroxylation sites is 1. The van der Waals surface area contributed by atoms with Crippen LogP contribution in [0.3, 0.4) is 0 Å². The van der Waals surface area contributed by atoms with Crippen molar-refractivity contribution in [3.8, 4) is 11.5 Å². The molecule has 0 saturated carbocycles. The smallest absolute Gasteiger partial charge is 0.308 e. The van der Waals surface area contributed by atoms with E-state index in [0.717, 1.165) is 12.0 Å². The second-order valence-electron chi connectivity index (χ2n) is 6.14. The Morgan fingerprint density at radius 2 is 1.93 bits per heavy atom. The van der Waals surface area contributed by atoms with Gasteiger partial charge in [0, 0.05) is 12.1 Å². The Morgan fingerprint density at radius 3 is 2.63 bits per heavy atom. The molecule has 0 aliphatic heterocycles. The van der Waals surface area contributed by atoms with Gasteiger partial charge in [-0.05, 0) is 42.7 Å². The van der Waals surface area contributed by atoms with Crippen molar-refractivity contribution in [3.05, 3.63) is 59.7 Å². The van der Waals surface area contributed by atoms with Crippen molar-refractivity contribution in [1.29, 1.82) is 0 Å². The molecule has 2 rings (SSSR count). The van der Waals surface area contributed by atoms with E-state index in [1.807, 2.05) is 25.1 Å². The number of carboxylic acid groups (broad SMARTS) is 1. The lowest BCUT2D eigenvalue weighted by Crippen LogP contribution is -2.34. The Hall–Kier alpha value is -3.02. The molecule has 0 bridgehead atoms. The fraction of sp³-hybridized carbons (Fsp3) is 0.333. The minimum absolute atomic E-state index is 0.0201. The number of amides is 1. The Kier molecular flexibility index (Phi) is 7.67. The average molecular weight is 371 g/mol. The highest BCUT2D eigenvalue weighted by molar-refractivity contribution is 5.94. The van der Waals surface area contributed by atoms with E-state index in [4.69, 9.17) is 9.47 Å². The molecule has 0 aliphatic carbocycles. The molecule has 0 spiro atoms. The molecule has 2 aromatic rings. The summed E-state index contributed by atoms with van der Waals surface area (Å²) in [4.78, 5) is 24.0. The second-order valence-corrected chi connectivity index (χ2v) is 6.14. The minimum Gasteiger partial charge on any atom is -0.496 e. The number of nitrogens with one attached hydrogen (secondary N) is 1. The van der Waals surface area contributed by atoms with Gasteiger partial charge in [-0.1, -0.05) is 31.2 Å². The molecule has 6 nitrogen and oxygen atoms in total. The van der Waals surface area contributed by atoms with Crippen LogP contribution < -0.4 is 14.8 Å². The van der Waals surface area contributed by atoms with E-state index in [0.29, 0.717) is 23.7 Å². The molecule has 2 aromatic carbocycles. The van der Waals surface area contributed by atoms with Crippen LogP contribution in [-0.4, -0.2) is 37.2 Å². The van der Waals surface area contributed by atoms with Crippen molar-refractivity contribution in [2.45, 2.75) is 19.8 Å². The van der Waals surface area contributed by atoms with Gasteiger partial charge in [-0.3, -0.25) is 9.59 Å². The lowest BCUT2D eigenvalue weighted by atomic mass is 9.98. The minimum atomic E-state index is -0.971. The van der Waals surface area contributed by atoms with Crippen LogP contribution in [-0.2, 0) is 11.2 Å². The van der Waals surface area contributed by atoms with Crippen molar-refractivity contribution in [2.24, 2.45) is 5.92 Å². The van der Waals surface area contributed by atoms with Crippen molar-refractivity contribution in [1.82, 2.24) is 5.32 Å². The third-order valence-corrected chi connectivity index (χ3v) is 4.09. The van der Waals surface area contributed by atoms with Gasteiger partial charge in [-0.25, -0.2) is 0 Å². The van der Waals surface area contributed by atoms with Gasteiger partial charge in [0.1, 0.15) is 11.5 Å². The summed E-state index contributed by atoms with van der Waals surface area (Å²) in [5, 5.41) is 12.2. The lowest BCUT2D eigenvalue weighted by Gasteiger charge is -2.15. The summed E-state index contributed by atoms with van der Waals surface area (Å²) in [6.45, 7) is 2.60. The van der Waals surface area contributed by atoms with Gasteiger partial charge in [-0.2, -0.15) is 0 Å². The molecule has 0 aliphatic rings. The molecule has 0 fully saturated rings. The summed E-state index contributed by atoms with van der Waals surface area (Å²) in [6.07, 6.45) is 1.14. The fourth-order valence-corrected chi connectivity index (χ4v) is 2.65. The van der Waals surface area contributed by atoms with Crippen LogP contribution in [0.2, 0.25) is 0 Å². The largest absolute Gasteiger partial charge is 0.496 e. The molecule has 27 heavy (non-hydrogen) atoms. The number of hydrogen-bond acceptors (Lipinski definition) is 4. The highest BCUT2D eigenvalue weighted by Gasteiger charge is 2.21. The number of benzene rings is 2. The molecule has 1 unspecified atom stereocenters. The summed E-state index contributed by atoms with van der Waals surface area (Å²) >= 11 is 0. The van der Waals surface area contributed by atoms with E-state index in [1.54, 1.807) is 37.4 Å². The standard InChI is InChI=1S/C21H25NO5/c1-3-11-27-18-9-6-8-16(13-18)20(23)22-14-17(21(24)25)12-15-7-4-5-10-19(15)26-2/h4-10,13,17H,3,11-12,14H2,1-2H3,(H,22,23)(H,24,25). The molecule has 0 heterocycles. The van der Waals surface area contributed by atoms with E-state index in [2.05, 4.69) is 5.32 Å². The number of carbonyl (C=O) groups is 2. The van der Waals surface area contributed by atoms with Crippen LogP contribution in [0.15, 0.2) is 48.5 Å². The van der Waals surface area contributed by atoms with E-state index in [1.165, 1.54) is 0 Å². The van der Waals surface area contributed by atoms with E-state index >= 15 is 0 Å². The normalized spacial score (nSPS) is 11.5. The number of aliphatic carboxylic acids is 1. The molecule has 0 aromatic heterocycles. The van der Waals surface area contributed by atoms with Crippen molar-refractivity contribution in [2.75, 3.05) is 20.3 Å². The van der Waals surface area contributed by atoms with Crippen LogP contribution in [0, 0.1) is 5.92 Å². The molecule has 1 atom stereocenters. The topological polar surface area (TPSA) is 84.9 Å². The van der Waals surface area contributed by atoms with Gasteiger partial charge in [0.15, 0.2) is 0 Å². The molecule has 2 N–H and O–H groups in total. The maximum absolute atomic E-state index is 12.4. The monoisotopic (exact) mass is 371 g/mol. The Balaban J connectivity index is 2.01. The molecular formula is C21H25NO5. The number of ether oxygens (including phenoxy) is 2. The number of hydrogen-bond donors (Lipinski definition) is 2. The van der Waals surface area contributed by atoms with Crippen LogP contribution >= 0.6 is 0 Å². The van der Waals surface area contributed by atoms with Crippen molar-refractivity contribution in [3.63, 3.8) is 0 Å². The van der Waals surface area contributed by atoms with Crippen LogP contribution in [0.25, 0.3) is 0 Å². The molecule has 0 radical (unpaired) electrons. The fourth-order valence-electron chi connectivity index (χ4n) is 2.65. The number of carbonyl (C=O) groups excluding carboxylic acids is 1. The summed E-state index contributed by atoms with van der Waals surface area (Å²) in [7, 11) is 1.55. The Labute approximate surface area is 159 Å². The molecule has 0 saturated heterocycles. The van der Waals surface area contributed by atoms with Gasteiger partial charge in [0.05, 0.1) is 19.6 Å². The predicted octanol–water partition coefficient (Wildman–Crippen LogP) is 3.16. The first-order valence-electron chi connectivity index (χ1n) is 8.91. The number of carboxylic acids is 1. The van der Waals surface area contributed by atoms with Crippen molar-refractivity contribution < 1.29 is 24.2 Å². The zero-order valence-corrected chi connectivity index (χ0v) is 15.6. The highest BCUT2D eigenvalue weighted by Crippen LogP contribution is 2.21. The highest BCUT2D eigenvalue weighted by atomic mass is 16.5. The van der Waals surface area contributed by atoms with Gasteiger partial charge < -0.3 is 19.9 Å². The molecule has 144 valence electrons. The Morgan fingerprint density at radius 1 is 1.15 bits per heavy atom. The van der Waals surface area contributed by atoms with Gasteiger partial charge >= 0.3 is 5.97 Å². The summed E-state index contributed by atoms with van der Waals surface area (Å²) in [6, 6.07) is 14.1.